The van der Waals surface area contributed by atoms with Crippen LogP contribution in [0, 0.1) is 5.41 Å². The topological polar surface area (TPSA) is 92.9 Å². The highest BCUT2D eigenvalue weighted by Gasteiger charge is 2.24. The number of anilines is 2. The maximum Gasteiger partial charge on any atom is 0.224 e. The van der Waals surface area contributed by atoms with E-state index in [1.807, 2.05) is 6.92 Å². The van der Waals surface area contributed by atoms with Crippen molar-refractivity contribution in [1.29, 1.82) is 0 Å². The first-order valence-corrected chi connectivity index (χ1v) is 5.56. The summed E-state index contributed by atoms with van der Waals surface area (Å²) < 4.78 is 0. The molecule has 1 rings (SSSR count). The van der Waals surface area contributed by atoms with E-state index in [4.69, 9.17) is 5.73 Å². The van der Waals surface area contributed by atoms with Crippen LogP contribution in [-0.4, -0.2) is 29.0 Å². The summed E-state index contributed by atoms with van der Waals surface area (Å²) in [6.07, 6.45) is 1.66. The van der Waals surface area contributed by atoms with E-state index in [2.05, 4.69) is 20.6 Å². The van der Waals surface area contributed by atoms with E-state index in [1.54, 1.807) is 26.1 Å². The van der Waals surface area contributed by atoms with Crippen molar-refractivity contribution in [2.45, 2.75) is 20.8 Å². The van der Waals surface area contributed by atoms with Crippen molar-refractivity contribution in [3.05, 3.63) is 12.3 Å². The molecule has 1 heterocycles. The van der Waals surface area contributed by atoms with Crippen molar-refractivity contribution in [1.82, 2.24) is 9.97 Å². The van der Waals surface area contributed by atoms with Crippen molar-refractivity contribution in [3.8, 4) is 0 Å². The van der Waals surface area contributed by atoms with Crippen LogP contribution in [0.4, 0.5) is 11.8 Å². The molecule has 0 bridgehead atoms. The van der Waals surface area contributed by atoms with Crippen molar-refractivity contribution < 1.29 is 4.79 Å². The van der Waals surface area contributed by atoms with Crippen molar-refractivity contribution in [2.75, 3.05) is 23.7 Å². The van der Waals surface area contributed by atoms with E-state index in [-0.39, 0.29) is 5.91 Å². The lowest BCUT2D eigenvalue weighted by atomic mass is 9.93. The molecule has 0 spiro atoms. The zero-order valence-corrected chi connectivity index (χ0v) is 10.4. The van der Waals surface area contributed by atoms with Gasteiger partial charge < -0.3 is 16.4 Å². The van der Waals surface area contributed by atoms with Crippen LogP contribution in [0.1, 0.15) is 20.8 Å². The monoisotopic (exact) mass is 237 g/mol. The first-order chi connectivity index (χ1) is 7.95. The molecule has 94 valence electrons. The molecule has 0 unspecified atom stereocenters. The standard InChI is InChI=1S/C11H19N5O/c1-4-13-10-14-6-5-8(16-10)15-7-11(2,3)9(12)17/h5-6H,4,7H2,1-3H3,(H2,12,17)(H2,13,14,15,16). The zero-order valence-electron chi connectivity index (χ0n) is 10.4. The van der Waals surface area contributed by atoms with Gasteiger partial charge in [-0.15, -0.1) is 0 Å². The summed E-state index contributed by atoms with van der Waals surface area (Å²) in [6.45, 7) is 6.74. The average Bonchev–Trinajstić information content (AvgIpc) is 2.27. The van der Waals surface area contributed by atoms with Crippen molar-refractivity contribution in [2.24, 2.45) is 11.1 Å². The molecular formula is C11H19N5O. The van der Waals surface area contributed by atoms with Crippen LogP contribution >= 0.6 is 0 Å². The molecule has 0 saturated carbocycles. The summed E-state index contributed by atoms with van der Waals surface area (Å²) in [5.74, 6) is 0.894. The average molecular weight is 237 g/mol. The number of nitrogens with zero attached hydrogens (tertiary/aromatic N) is 2. The van der Waals surface area contributed by atoms with Crippen molar-refractivity contribution in [3.63, 3.8) is 0 Å². The number of carbonyl (C=O) groups excluding carboxylic acids is 1. The maximum atomic E-state index is 11.1. The van der Waals surface area contributed by atoms with Gasteiger partial charge in [0, 0.05) is 19.3 Å². The Kier molecular flexibility index (Phi) is 4.25. The van der Waals surface area contributed by atoms with Crippen LogP contribution in [0.15, 0.2) is 12.3 Å². The lowest BCUT2D eigenvalue weighted by Gasteiger charge is -2.21. The Morgan fingerprint density at radius 2 is 2.18 bits per heavy atom. The number of rotatable bonds is 6. The number of amides is 1. The SMILES string of the molecule is CCNc1nccc(NCC(C)(C)C(N)=O)n1. The fraction of sp³-hybridized carbons (Fsp3) is 0.545. The summed E-state index contributed by atoms with van der Waals surface area (Å²) in [5, 5.41) is 6.09. The minimum atomic E-state index is -0.608. The largest absolute Gasteiger partial charge is 0.369 e. The van der Waals surface area contributed by atoms with E-state index in [0.29, 0.717) is 18.3 Å². The Hall–Kier alpha value is -1.85. The predicted molar refractivity (Wildman–Crippen MR) is 67.7 cm³/mol. The smallest absolute Gasteiger partial charge is 0.224 e. The molecule has 0 aliphatic carbocycles. The molecule has 6 nitrogen and oxygen atoms in total. The fourth-order valence-corrected chi connectivity index (χ4v) is 1.10. The molecule has 17 heavy (non-hydrogen) atoms. The van der Waals surface area contributed by atoms with Crippen molar-refractivity contribution >= 4 is 17.7 Å². The van der Waals surface area contributed by atoms with Gasteiger partial charge in [-0.2, -0.15) is 4.98 Å². The van der Waals surface area contributed by atoms with Crippen LogP contribution in [-0.2, 0) is 4.79 Å². The van der Waals surface area contributed by atoms with E-state index in [0.717, 1.165) is 6.54 Å². The van der Waals surface area contributed by atoms with Gasteiger partial charge in [0.1, 0.15) is 5.82 Å². The molecule has 0 saturated heterocycles. The summed E-state index contributed by atoms with van der Waals surface area (Å²) >= 11 is 0. The van der Waals surface area contributed by atoms with Gasteiger partial charge in [0.25, 0.3) is 0 Å². The zero-order chi connectivity index (χ0) is 12.9. The van der Waals surface area contributed by atoms with E-state index in [9.17, 15) is 4.79 Å². The van der Waals surface area contributed by atoms with Gasteiger partial charge in [-0.3, -0.25) is 4.79 Å². The lowest BCUT2D eigenvalue weighted by Crippen LogP contribution is -2.37. The second-order valence-corrected chi connectivity index (χ2v) is 4.40. The van der Waals surface area contributed by atoms with Crippen LogP contribution in [0.2, 0.25) is 0 Å². The van der Waals surface area contributed by atoms with Gasteiger partial charge in [-0.25, -0.2) is 4.98 Å². The third kappa shape index (κ3) is 3.90. The summed E-state index contributed by atoms with van der Waals surface area (Å²) in [7, 11) is 0. The highest BCUT2D eigenvalue weighted by Crippen LogP contribution is 2.15. The van der Waals surface area contributed by atoms with Gasteiger partial charge in [-0.1, -0.05) is 0 Å². The van der Waals surface area contributed by atoms with Crippen LogP contribution in [0.25, 0.3) is 0 Å². The van der Waals surface area contributed by atoms with Crippen LogP contribution in [0.5, 0.6) is 0 Å². The molecule has 4 N–H and O–H groups in total. The summed E-state index contributed by atoms with van der Waals surface area (Å²) in [4.78, 5) is 19.4. The molecule has 6 heteroatoms. The van der Waals surface area contributed by atoms with Gasteiger partial charge in [0.2, 0.25) is 11.9 Å². The molecule has 1 aromatic rings. The number of nitrogens with one attached hydrogen (secondary N) is 2. The Labute approximate surface area is 101 Å². The number of aromatic nitrogens is 2. The number of hydrogen-bond donors (Lipinski definition) is 3. The van der Waals surface area contributed by atoms with Gasteiger partial charge in [0.15, 0.2) is 0 Å². The highest BCUT2D eigenvalue weighted by atomic mass is 16.1. The third-order valence-corrected chi connectivity index (χ3v) is 2.37. The molecule has 0 aliphatic heterocycles. The summed E-state index contributed by atoms with van der Waals surface area (Å²) in [5.41, 5.74) is 4.68. The fourth-order valence-electron chi connectivity index (χ4n) is 1.10. The van der Waals surface area contributed by atoms with Gasteiger partial charge in [0.05, 0.1) is 5.41 Å². The van der Waals surface area contributed by atoms with Crippen LogP contribution in [0.3, 0.4) is 0 Å². The van der Waals surface area contributed by atoms with E-state index in [1.165, 1.54) is 0 Å². The van der Waals surface area contributed by atoms with Crippen LogP contribution < -0.4 is 16.4 Å². The lowest BCUT2D eigenvalue weighted by molar-refractivity contribution is -0.125. The van der Waals surface area contributed by atoms with E-state index >= 15 is 0 Å². The molecule has 1 aromatic heterocycles. The quantitative estimate of drug-likeness (QED) is 0.681. The Morgan fingerprint density at radius 3 is 2.76 bits per heavy atom. The minimum Gasteiger partial charge on any atom is -0.369 e. The normalized spacial score (nSPS) is 11.0. The molecule has 0 aromatic carbocycles. The molecule has 0 fully saturated rings. The molecular weight excluding hydrogens is 218 g/mol. The molecule has 1 amide bonds. The number of primary amides is 1. The first-order valence-electron chi connectivity index (χ1n) is 5.56. The number of nitrogens with two attached hydrogens (primary N) is 1. The maximum absolute atomic E-state index is 11.1. The number of carbonyl (C=O) groups is 1. The summed E-state index contributed by atoms with van der Waals surface area (Å²) in [6, 6.07) is 1.75. The number of hydrogen-bond acceptors (Lipinski definition) is 5. The Bertz CT molecular complexity index is 391. The van der Waals surface area contributed by atoms with E-state index < -0.39 is 5.41 Å². The second kappa shape index (κ2) is 5.47. The highest BCUT2D eigenvalue weighted by molar-refractivity contribution is 5.80. The second-order valence-electron chi connectivity index (χ2n) is 4.40. The molecule has 0 atom stereocenters. The first kappa shape index (κ1) is 13.2. The molecule has 0 aliphatic rings. The minimum absolute atomic E-state index is 0.342. The molecule has 0 radical (unpaired) electrons. The Morgan fingerprint density at radius 1 is 1.47 bits per heavy atom. The third-order valence-electron chi connectivity index (χ3n) is 2.37. The Balaban J connectivity index is 2.63. The predicted octanol–water partition coefficient (Wildman–Crippen LogP) is 0.832. The van der Waals surface area contributed by atoms with Gasteiger partial charge >= 0.3 is 0 Å². The van der Waals surface area contributed by atoms with Gasteiger partial charge in [-0.05, 0) is 26.8 Å².